The van der Waals surface area contributed by atoms with Gasteiger partial charge in [-0.05, 0) is 18.2 Å². The summed E-state index contributed by atoms with van der Waals surface area (Å²) in [5.74, 6) is -1.52. The first-order valence-electron chi connectivity index (χ1n) is 8.13. The number of hydrogen-bond acceptors (Lipinski definition) is 6. The van der Waals surface area contributed by atoms with Crippen LogP contribution in [0.25, 0.3) is 6.08 Å². The smallest absolute Gasteiger partial charge is 0.351 e. The maximum absolute atomic E-state index is 13.7. The summed E-state index contributed by atoms with van der Waals surface area (Å²) in [6, 6.07) is 11.1. The minimum absolute atomic E-state index is 0.0440. The number of ether oxygens (including phenoxy) is 4. The Hall–Kier alpha value is -3.19. The molecule has 0 saturated carbocycles. The molecule has 0 radical (unpaired) electrons. The molecule has 1 aliphatic heterocycles. The van der Waals surface area contributed by atoms with E-state index in [0.717, 1.165) is 6.08 Å². The van der Waals surface area contributed by atoms with Crippen molar-refractivity contribution in [2.24, 2.45) is 0 Å². The molecule has 2 aromatic carbocycles. The molecular formula is C20H17FO6. The van der Waals surface area contributed by atoms with Crippen LogP contribution >= 0.6 is 0 Å². The second-order valence-electron chi connectivity index (χ2n) is 5.68. The molecule has 1 unspecified atom stereocenters. The predicted molar refractivity (Wildman–Crippen MR) is 93.0 cm³/mol. The number of carbonyl (C=O) groups excluding carboxylic acids is 2. The highest BCUT2D eigenvalue weighted by atomic mass is 19.1. The molecule has 0 bridgehead atoms. The lowest BCUT2D eigenvalue weighted by Gasteiger charge is -2.19. The summed E-state index contributed by atoms with van der Waals surface area (Å²) < 4.78 is 34.2. The van der Waals surface area contributed by atoms with E-state index in [1.807, 2.05) is 0 Å². The molecule has 1 aliphatic rings. The Kier molecular flexibility index (Phi) is 5.83. The summed E-state index contributed by atoms with van der Waals surface area (Å²) in [4.78, 5) is 24.1. The highest BCUT2D eigenvalue weighted by molar-refractivity contribution is 5.90. The Morgan fingerprint density at radius 3 is 2.74 bits per heavy atom. The van der Waals surface area contributed by atoms with Crippen LogP contribution in [0.15, 0.2) is 48.5 Å². The molecular weight excluding hydrogens is 355 g/mol. The van der Waals surface area contributed by atoms with Gasteiger partial charge in [-0.1, -0.05) is 30.3 Å². The average molecular weight is 372 g/mol. The van der Waals surface area contributed by atoms with Crippen molar-refractivity contribution in [3.05, 3.63) is 71.0 Å². The maximum atomic E-state index is 13.7. The lowest BCUT2D eigenvalue weighted by molar-refractivity contribution is -0.163. The molecule has 0 amide bonds. The van der Waals surface area contributed by atoms with Gasteiger partial charge >= 0.3 is 11.9 Å². The van der Waals surface area contributed by atoms with E-state index < -0.39 is 23.9 Å². The number of halogens is 1. The van der Waals surface area contributed by atoms with Crippen LogP contribution in [0.4, 0.5) is 4.39 Å². The van der Waals surface area contributed by atoms with Crippen LogP contribution in [-0.4, -0.2) is 25.8 Å². The van der Waals surface area contributed by atoms with Gasteiger partial charge in [0.05, 0.1) is 13.7 Å². The van der Waals surface area contributed by atoms with Crippen molar-refractivity contribution in [2.45, 2.75) is 12.7 Å². The van der Waals surface area contributed by atoms with Gasteiger partial charge in [-0.15, -0.1) is 0 Å². The fourth-order valence-corrected chi connectivity index (χ4v) is 2.63. The first kappa shape index (κ1) is 18.6. The third-order valence-corrected chi connectivity index (χ3v) is 3.85. The normalized spacial score (nSPS) is 14.1. The fraction of sp³-hybridized carbons (Fsp3) is 0.200. The van der Waals surface area contributed by atoms with Crippen LogP contribution in [0.2, 0.25) is 0 Å². The van der Waals surface area contributed by atoms with Gasteiger partial charge in [0.2, 0.25) is 6.10 Å². The third-order valence-electron chi connectivity index (χ3n) is 3.85. The molecule has 1 heterocycles. The number of hydrogen-bond donors (Lipinski definition) is 0. The number of fused-ring (bicyclic) bond motifs is 1. The van der Waals surface area contributed by atoms with Gasteiger partial charge in [0.25, 0.3) is 0 Å². The fourth-order valence-electron chi connectivity index (χ4n) is 2.63. The van der Waals surface area contributed by atoms with Crippen molar-refractivity contribution in [2.75, 3.05) is 13.9 Å². The summed E-state index contributed by atoms with van der Waals surface area (Å²) in [5, 5.41) is 0. The minimum atomic E-state index is -1.19. The van der Waals surface area contributed by atoms with Crippen LogP contribution < -0.4 is 4.74 Å². The van der Waals surface area contributed by atoms with E-state index in [1.54, 1.807) is 30.3 Å². The molecule has 140 valence electrons. The first-order valence-corrected chi connectivity index (χ1v) is 8.13. The number of esters is 2. The summed E-state index contributed by atoms with van der Waals surface area (Å²) >= 11 is 0. The molecule has 0 spiro atoms. The maximum Gasteiger partial charge on any atom is 0.351 e. The van der Waals surface area contributed by atoms with Crippen molar-refractivity contribution < 1.29 is 32.9 Å². The predicted octanol–water partition coefficient (Wildman–Crippen LogP) is 3.16. The second-order valence-corrected chi connectivity index (χ2v) is 5.68. The number of rotatable bonds is 5. The molecule has 3 rings (SSSR count). The molecule has 7 heteroatoms. The van der Waals surface area contributed by atoms with E-state index in [-0.39, 0.29) is 13.4 Å². The van der Waals surface area contributed by atoms with E-state index in [9.17, 15) is 14.0 Å². The first-order chi connectivity index (χ1) is 13.1. The molecule has 0 saturated heterocycles. The van der Waals surface area contributed by atoms with Crippen LogP contribution in [0.5, 0.6) is 5.75 Å². The number of methoxy groups -OCH3 is 1. The highest BCUT2D eigenvalue weighted by Crippen LogP contribution is 2.30. The van der Waals surface area contributed by atoms with Crippen molar-refractivity contribution >= 4 is 18.0 Å². The summed E-state index contributed by atoms with van der Waals surface area (Å²) in [6.07, 6.45) is 1.28. The zero-order chi connectivity index (χ0) is 19.2. The van der Waals surface area contributed by atoms with Crippen LogP contribution in [0.3, 0.4) is 0 Å². The largest absolute Gasteiger partial charge is 0.467 e. The Morgan fingerprint density at radius 1 is 1.22 bits per heavy atom. The van der Waals surface area contributed by atoms with E-state index in [0.29, 0.717) is 22.4 Å². The SMILES string of the molecule is COC(=O)C(OC(=O)/C=C/c1cc(F)cc2c1OCOC2)c1ccccc1. The van der Waals surface area contributed by atoms with Crippen molar-refractivity contribution in [1.29, 1.82) is 0 Å². The van der Waals surface area contributed by atoms with Crippen LogP contribution in [-0.2, 0) is 30.4 Å². The van der Waals surface area contributed by atoms with Crippen molar-refractivity contribution in [1.82, 2.24) is 0 Å². The summed E-state index contributed by atoms with van der Waals surface area (Å²) in [7, 11) is 1.21. The van der Waals surface area contributed by atoms with Gasteiger partial charge in [0.1, 0.15) is 11.6 Å². The monoisotopic (exact) mass is 372 g/mol. The topological polar surface area (TPSA) is 71.1 Å². The van der Waals surface area contributed by atoms with Gasteiger partial charge in [-0.2, -0.15) is 0 Å². The quantitative estimate of drug-likeness (QED) is 0.593. The molecule has 0 fully saturated rings. The molecule has 0 aromatic heterocycles. The van der Waals surface area contributed by atoms with Gasteiger partial charge in [0, 0.05) is 22.8 Å². The number of benzene rings is 2. The lowest BCUT2D eigenvalue weighted by Crippen LogP contribution is -2.20. The minimum Gasteiger partial charge on any atom is -0.467 e. The zero-order valence-electron chi connectivity index (χ0n) is 14.5. The van der Waals surface area contributed by atoms with Crippen molar-refractivity contribution in [3.8, 4) is 5.75 Å². The van der Waals surface area contributed by atoms with Crippen LogP contribution in [0, 0.1) is 5.82 Å². The Labute approximate surface area is 155 Å². The summed E-state index contributed by atoms with van der Waals surface area (Å²) in [5.41, 5.74) is 1.40. The lowest BCUT2D eigenvalue weighted by atomic mass is 10.1. The van der Waals surface area contributed by atoms with Crippen LogP contribution in [0.1, 0.15) is 22.8 Å². The highest BCUT2D eigenvalue weighted by Gasteiger charge is 2.25. The molecule has 2 aromatic rings. The van der Waals surface area contributed by atoms with E-state index in [4.69, 9.17) is 18.9 Å². The summed E-state index contributed by atoms with van der Waals surface area (Å²) in [6.45, 7) is 0.263. The molecule has 27 heavy (non-hydrogen) atoms. The Balaban J connectivity index is 1.78. The van der Waals surface area contributed by atoms with Gasteiger partial charge in [0.15, 0.2) is 6.79 Å². The third kappa shape index (κ3) is 4.51. The van der Waals surface area contributed by atoms with E-state index in [1.165, 1.54) is 25.3 Å². The van der Waals surface area contributed by atoms with Gasteiger partial charge < -0.3 is 18.9 Å². The molecule has 6 nitrogen and oxygen atoms in total. The molecule has 1 atom stereocenters. The van der Waals surface area contributed by atoms with Gasteiger partial charge in [-0.25, -0.2) is 14.0 Å². The molecule has 0 aliphatic carbocycles. The van der Waals surface area contributed by atoms with Crippen molar-refractivity contribution in [3.63, 3.8) is 0 Å². The van der Waals surface area contributed by atoms with E-state index in [2.05, 4.69) is 0 Å². The molecule has 0 N–H and O–H groups in total. The number of carbonyl (C=O) groups is 2. The van der Waals surface area contributed by atoms with E-state index >= 15 is 0 Å². The Morgan fingerprint density at radius 2 is 2.00 bits per heavy atom. The standard InChI is InChI=1S/C20H17FO6/c1-24-20(23)19(13-5-3-2-4-6-13)27-17(22)8-7-14-9-16(21)10-15-11-25-12-26-18(14)15/h2-10,19H,11-12H2,1H3/b8-7+. The van der Waals surface area contributed by atoms with Gasteiger partial charge in [-0.3, -0.25) is 0 Å². The Bertz CT molecular complexity index is 862. The zero-order valence-corrected chi connectivity index (χ0v) is 14.5. The average Bonchev–Trinajstić information content (AvgIpc) is 2.70. The second kappa shape index (κ2) is 8.46.